The van der Waals surface area contributed by atoms with Gasteiger partial charge in [-0.3, -0.25) is 0 Å². The van der Waals surface area contributed by atoms with Crippen molar-refractivity contribution in [2.45, 2.75) is 12.3 Å². The Morgan fingerprint density at radius 2 is 2.57 bits per heavy atom. The van der Waals surface area contributed by atoms with Crippen LogP contribution < -0.4 is 0 Å². The van der Waals surface area contributed by atoms with Gasteiger partial charge >= 0.3 is 0 Å². The molecule has 1 fully saturated rings. The molecular weight excluding hydrogens is 94.0 g/mol. The normalized spacial score (nSPS) is 36.4. The summed E-state index contributed by atoms with van der Waals surface area (Å²) in [7, 11) is 0. The van der Waals surface area contributed by atoms with Crippen LogP contribution in [-0.2, 0) is 4.74 Å². The Kier molecular flexibility index (Phi) is 0.807. The van der Waals surface area contributed by atoms with Crippen molar-refractivity contribution in [3.63, 3.8) is 0 Å². The van der Waals surface area contributed by atoms with Crippen molar-refractivity contribution in [3.8, 4) is 12.3 Å². The summed E-state index contributed by atoms with van der Waals surface area (Å²) in [5, 5.41) is 2.54. The lowest BCUT2D eigenvalue weighted by Gasteiger charge is -1.60. The molecule has 0 aromatic carbocycles. The van der Waals surface area contributed by atoms with Gasteiger partial charge in [0.15, 0.2) is 6.10 Å². The summed E-state index contributed by atoms with van der Waals surface area (Å²) in [6.45, 7) is 0. The van der Waals surface area contributed by atoms with Gasteiger partial charge in [0, 0.05) is 0 Å². The zero-order valence-corrected chi connectivity index (χ0v) is 3.50. The summed E-state index contributed by atoms with van der Waals surface area (Å²) in [6, 6.07) is 0. The van der Waals surface area contributed by atoms with E-state index in [2.05, 4.69) is 15.8 Å². The smallest absolute Gasteiger partial charge is 0.228 e. The molecule has 0 bridgehead atoms. The van der Waals surface area contributed by atoms with E-state index in [9.17, 15) is 4.91 Å². The Morgan fingerprint density at radius 3 is 2.71 bits per heavy atom. The summed E-state index contributed by atoms with van der Waals surface area (Å²) < 4.78 is 4.50. The first-order chi connectivity index (χ1) is 3.38. The summed E-state index contributed by atoms with van der Waals surface area (Å²) >= 11 is 0. The number of rotatable bonds is 1. The predicted octanol–water partition coefficient (Wildman–Crippen LogP) is 0.111. The number of hydrogen-bond acceptors (Lipinski definition) is 3. The monoisotopic (exact) mass is 97.0 g/mol. The van der Waals surface area contributed by atoms with Gasteiger partial charge in [-0.1, -0.05) is 5.92 Å². The van der Waals surface area contributed by atoms with E-state index in [0.29, 0.717) is 0 Å². The second-order valence-corrected chi connectivity index (χ2v) is 1.22. The highest BCUT2D eigenvalue weighted by molar-refractivity contribution is 5.06. The van der Waals surface area contributed by atoms with Gasteiger partial charge in [-0.15, -0.1) is 11.3 Å². The maximum absolute atomic E-state index is 9.47. The Balaban J connectivity index is 2.34. The molecule has 3 heteroatoms. The Labute approximate surface area is 40.6 Å². The third-order valence-electron chi connectivity index (χ3n) is 0.737. The van der Waals surface area contributed by atoms with Crippen LogP contribution in [0, 0.1) is 17.3 Å². The van der Waals surface area contributed by atoms with Crippen LogP contribution in [0.4, 0.5) is 0 Å². The molecule has 36 valence electrons. The van der Waals surface area contributed by atoms with Gasteiger partial charge < -0.3 is 4.74 Å². The Bertz CT molecular complexity index is 126. The van der Waals surface area contributed by atoms with Crippen LogP contribution in [0.1, 0.15) is 0 Å². The molecule has 1 aliphatic heterocycles. The first kappa shape index (κ1) is 4.28. The zero-order chi connectivity index (χ0) is 5.28. The van der Waals surface area contributed by atoms with Crippen LogP contribution in [0.3, 0.4) is 0 Å². The fourth-order valence-electron chi connectivity index (χ4n) is 0.307. The number of terminal acetylenes is 1. The topological polar surface area (TPSA) is 42.0 Å². The molecule has 0 aliphatic carbocycles. The number of nitrogens with zero attached hydrogens (tertiary/aromatic N) is 1. The van der Waals surface area contributed by atoms with Gasteiger partial charge in [-0.25, -0.2) is 0 Å². The second kappa shape index (κ2) is 1.32. The van der Waals surface area contributed by atoms with Gasteiger partial charge in [-0.2, -0.15) is 0 Å². The summed E-state index contributed by atoms with van der Waals surface area (Å²) in [5.41, 5.74) is 0. The zero-order valence-electron chi connectivity index (χ0n) is 3.50. The predicted molar refractivity (Wildman–Crippen MR) is 23.3 cm³/mol. The minimum atomic E-state index is -0.551. The summed E-state index contributed by atoms with van der Waals surface area (Å²) in [6.07, 6.45) is 3.94. The van der Waals surface area contributed by atoms with Crippen molar-refractivity contribution in [2.75, 3.05) is 0 Å². The first-order valence-electron chi connectivity index (χ1n) is 1.82. The van der Waals surface area contributed by atoms with Crippen LogP contribution in [0.25, 0.3) is 0 Å². The van der Waals surface area contributed by atoms with Crippen molar-refractivity contribution in [3.05, 3.63) is 4.91 Å². The van der Waals surface area contributed by atoms with Gasteiger partial charge in [0.25, 0.3) is 0 Å². The van der Waals surface area contributed by atoms with E-state index in [1.165, 1.54) is 0 Å². The average Bonchev–Trinajstić information content (AvgIpc) is 2.43. The molecule has 0 spiro atoms. The van der Waals surface area contributed by atoms with E-state index < -0.39 is 6.23 Å². The maximum atomic E-state index is 9.47. The van der Waals surface area contributed by atoms with Crippen molar-refractivity contribution in [1.82, 2.24) is 0 Å². The highest BCUT2D eigenvalue weighted by Gasteiger charge is 2.38. The molecular formula is C4H3NO2. The molecule has 7 heavy (non-hydrogen) atoms. The van der Waals surface area contributed by atoms with Crippen molar-refractivity contribution in [1.29, 1.82) is 0 Å². The van der Waals surface area contributed by atoms with E-state index >= 15 is 0 Å². The summed E-state index contributed by atoms with van der Waals surface area (Å²) in [4.78, 5) is 9.47. The molecule has 0 amide bonds. The molecule has 0 saturated carbocycles. The third-order valence-corrected chi connectivity index (χ3v) is 0.737. The first-order valence-corrected chi connectivity index (χ1v) is 1.82. The number of ether oxygens (including phenoxy) is 1. The average molecular weight is 97.1 g/mol. The molecule has 1 aliphatic rings. The molecule has 1 rings (SSSR count). The molecule has 2 unspecified atom stereocenters. The minimum absolute atomic E-state index is 0.336. The largest absolute Gasteiger partial charge is 0.329 e. The quantitative estimate of drug-likeness (QED) is 0.265. The van der Waals surface area contributed by atoms with Crippen LogP contribution in [-0.4, -0.2) is 12.3 Å². The number of nitroso groups, excluding NO2 is 1. The highest BCUT2D eigenvalue weighted by atomic mass is 16.6. The molecule has 2 atom stereocenters. The van der Waals surface area contributed by atoms with E-state index in [4.69, 9.17) is 6.42 Å². The number of hydrogen-bond donors (Lipinski definition) is 0. The lowest BCUT2D eigenvalue weighted by Crippen LogP contribution is -1.80. The van der Waals surface area contributed by atoms with E-state index in [1.54, 1.807) is 0 Å². The van der Waals surface area contributed by atoms with Gasteiger partial charge in [0.1, 0.15) is 0 Å². The lowest BCUT2D eigenvalue weighted by molar-refractivity contribution is 0.396. The Morgan fingerprint density at radius 1 is 1.86 bits per heavy atom. The molecule has 1 saturated heterocycles. The fourth-order valence-corrected chi connectivity index (χ4v) is 0.307. The highest BCUT2D eigenvalue weighted by Crippen LogP contribution is 2.20. The fraction of sp³-hybridized carbons (Fsp3) is 0.500. The van der Waals surface area contributed by atoms with Gasteiger partial charge in [0.2, 0.25) is 6.23 Å². The second-order valence-electron chi connectivity index (χ2n) is 1.22. The SMILES string of the molecule is C#CC1OC1N=O. The summed E-state index contributed by atoms with van der Waals surface area (Å²) in [5.74, 6) is 2.22. The molecule has 0 radical (unpaired) electrons. The number of epoxide rings is 1. The minimum Gasteiger partial charge on any atom is -0.329 e. The van der Waals surface area contributed by atoms with Crippen LogP contribution in [0.5, 0.6) is 0 Å². The maximum Gasteiger partial charge on any atom is 0.228 e. The van der Waals surface area contributed by atoms with E-state index in [0.717, 1.165) is 0 Å². The van der Waals surface area contributed by atoms with Crippen LogP contribution in [0.15, 0.2) is 5.18 Å². The third kappa shape index (κ3) is 0.599. The van der Waals surface area contributed by atoms with E-state index in [1.807, 2.05) is 0 Å². The van der Waals surface area contributed by atoms with Crippen LogP contribution in [0.2, 0.25) is 0 Å². The molecule has 0 aromatic rings. The standard InChI is InChI=1S/C4H3NO2/c1-2-3-4(5-6)7-3/h1,3-4H. The van der Waals surface area contributed by atoms with Crippen molar-refractivity contribution < 1.29 is 4.74 Å². The van der Waals surface area contributed by atoms with E-state index in [-0.39, 0.29) is 6.10 Å². The molecule has 0 aromatic heterocycles. The van der Waals surface area contributed by atoms with Gasteiger partial charge in [0.05, 0.1) is 0 Å². The van der Waals surface area contributed by atoms with Crippen molar-refractivity contribution in [2.24, 2.45) is 5.18 Å². The van der Waals surface area contributed by atoms with Crippen molar-refractivity contribution >= 4 is 0 Å². The lowest BCUT2D eigenvalue weighted by atomic mass is 10.5. The Hall–Kier alpha value is -0.880. The molecule has 1 heterocycles. The molecule has 3 nitrogen and oxygen atoms in total. The van der Waals surface area contributed by atoms with Crippen LogP contribution >= 0.6 is 0 Å². The van der Waals surface area contributed by atoms with Gasteiger partial charge in [-0.05, 0) is 5.18 Å². The molecule has 0 N–H and O–H groups in total.